The third kappa shape index (κ3) is 3.25. The van der Waals surface area contributed by atoms with Crippen LogP contribution in [0, 0.1) is 0 Å². The molecule has 2 aromatic rings. The van der Waals surface area contributed by atoms with Gasteiger partial charge in [-0.15, -0.1) is 0 Å². The first-order valence-corrected chi connectivity index (χ1v) is 9.19. The molecular formula is C21H18ClNO5. The van der Waals surface area contributed by atoms with Crippen molar-refractivity contribution in [3.63, 3.8) is 0 Å². The highest BCUT2D eigenvalue weighted by molar-refractivity contribution is 6.30. The Morgan fingerprint density at radius 1 is 1.07 bits per heavy atom. The number of aliphatic carboxylic acids is 2. The lowest BCUT2D eigenvalue weighted by atomic mass is 9.83. The zero-order chi connectivity index (χ0) is 20.0. The molecule has 4 rings (SSSR count). The Hall–Kier alpha value is -2.83. The highest BCUT2D eigenvalue weighted by Gasteiger charge is 2.39. The van der Waals surface area contributed by atoms with Crippen molar-refractivity contribution in [3.05, 3.63) is 64.2 Å². The number of rotatable bonds is 3. The molecule has 7 heteroatoms. The summed E-state index contributed by atoms with van der Waals surface area (Å²) < 4.78 is 6.14. The Bertz CT molecular complexity index is 1020. The summed E-state index contributed by atoms with van der Waals surface area (Å²) in [6, 6.07) is 10.6. The number of carboxylic acids is 2. The van der Waals surface area contributed by atoms with Gasteiger partial charge in [0.05, 0.1) is 5.57 Å². The van der Waals surface area contributed by atoms with E-state index in [9.17, 15) is 14.7 Å². The van der Waals surface area contributed by atoms with Gasteiger partial charge >= 0.3 is 11.9 Å². The van der Waals surface area contributed by atoms with Gasteiger partial charge in [-0.2, -0.15) is 0 Å². The molecule has 2 N–H and O–H groups in total. The number of likely N-dealkylation sites (tertiary alicyclic amines) is 1. The smallest absolute Gasteiger partial charge is 0.336 e. The second-order valence-electron chi connectivity index (χ2n) is 7.17. The van der Waals surface area contributed by atoms with Crippen LogP contribution < -0.4 is 4.74 Å². The maximum atomic E-state index is 11.6. The normalized spacial score (nSPS) is 21.1. The number of halogens is 1. The van der Waals surface area contributed by atoms with Crippen LogP contribution in [0.5, 0.6) is 11.5 Å². The first-order chi connectivity index (χ1) is 13.3. The average molecular weight is 400 g/mol. The second-order valence-corrected chi connectivity index (χ2v) is 7.61. The molecule has 0 radical (unpaired) electrons. The fourth-order valence-electron chi connectivity index (χ4n) is 4.14. The monoisotopic (exact) mass is 399 g/mol. The Morgan fingerprint density at radius 3 is 2.29 bits per heavy atom. The summed E-state index contributed by atoms with van der Waals surface area (Å²) >= 11 is 6.22. The first-order valence-electron chi connectivity index (χ1n) is 8.81. The molecule has 2 aliphatic rings. The van der Waals surface area contributed by atoms with Gasteiger partial charge in [0, 0.05) is 47.2 Å². The van der Waals surface area contributed by atoms with Gasteiger partial charge in [0.15, 0.2) is 0 Å². The third-order valence-electron chi connectivity index (χ3n) is 5.31. The summed E-state index contributed by atoms with van der Waals surface area (Å²) in [4.78, 5) is 24.9. The lowest BCUT2D eigenvalue weighted by Gasteiger charge is -2.18. The van der Waals surface area contributed by atoms with Gasteiger partial charge in [0.2, 0.25) is 0 Å². The van der Waals surface area contributed by atoms with Gasteiger partial charge in [0.25, 0.3) is 0 Å². The minimum absolute atomic E-state index is 0.0829. The van der Waals surface area contributed by atoms with Gasteiger partial charge in [-0.05, 0) is 42.9 Å². The number of carboxylic acid groups (broad SMARTS) is 2. The van der Waals surface area contributed by atoms with E-state index in [1.807, 2.05) is 19.2 Å². The maximum Gasteiger partial charge on any atom is 0.336 e. The van der Waals surface area contributed by atoms with Crippen molar-refractivity contribution in [2.45, 2.75) is 11.8 Å². The fourth-order valence-corrected chi connectivity index (χ4v) is 4.32. The molecule has 0 aromatic heterocycles. The van der Waals surface area contributed by atoms with Crippen LogP contribution in [0.15, 0.2) is 42.5 Å². The van der Waals surface area contributed by atoms with E-state index in [-0.39, 0.29) is 17.4 Å². The molecule has 2 atom stereocenters. The molecular weight excluding hydrogens is 382 g/mol. The van der Waals surface area contributed by atoms with Crippen molar-refractivity contribution in [1.82, 2.24) is 4.90 Å². The number of likely N-dealkylation sites (N-methyl/N-ethyl adjacent to an activating group) is 1. The molecule has 0 aliphatic carbocycles. The van der Waals surface area contributed by atoms with Crippen LogP contribution in [0.2, 0.25) is 5.02 Å². The summed E-state index contributed by atoms with van der Waals surface area (Å²) in [7, 11) is 2.04. The van der Waals surface area contributed by atoms with Gasteiger partial charge in [-0.3, -0.25) is 0 Å². The summed E-state index contributed by atoms with van der Waals surface area (Å²) in [5, 5.41) is 19.1. The fraction of sp³-hybridized carbons (Fsp3) is 0.238. The van der Waals surface area contributed by atoms with E-state index in [0.717, 1.165) is 30.0 Å². The minimum Gasteiger partial charge on any atom is -0.478 e. The number of ether oxygens (including phenoxy) is 1. The predicted octanol–water partition coefficient (Wildman–Crippen LogP) is 3.81. The number of hydrogen-bond acceptors (Lipinski definition) is 4. The molecule has 1 saturated heterocycles. The van der Waals surface area contributed by atoms with Crippen molar-refractivity contribution in [2.75, 3.05) is 20.1 Å². The van der Waals surface area contributed by atoms with Crippen LogP contribution in [0.4, 0.5) is 0 Å². The largest absolute Gasteiger partial charge is 0.478 e. The molecule has 0 saturated carbocycles. The van der Waals surface area contributed by atoms with Gasteiger partial charge < -0.3 is 19.8 Å². The van der Waals surface area contributed by atoms with E-state index in [1.54, 1.807) is 24.3 Å². The van der Waals surface area contributed by atoms with Crippen LogP contribution in [-0.2, 0) is 9.59 Å². The lowest BCUT2D eigenvalue weighted by Crippen LogP contribution is -2.14. The average Bonchev–Trinajstić information content (AvgIpc) is 2.97. The summed E-state index contributed by atoms with van der Waals surface area (Å²) in [5.41, 5.74) is 1.98. The van der Waals surface area contributed by atoms with Gasteiger partial charge in [-0.1, -0.05) is 17.7 Å². The molecule has 2 aliphatic heterocycles. The molecule has 2 heterocycles. The van der Waals surface area contributed by atoms with E-state index >= 15 is 0 Å². The SMILES string of the molecule is CN1C[C@H]2c3cc(Cl)ccc3Oc3ccc(/C(=C/C(=O)O)C(=O)O)cc3[C@@H]2C1. The van der Waals surface area contributed by atoms with E-state index in [2.05, 4.69) is 4.90 Å². The molecule has 0 spiro atoms. The van der Waals surface area contributed by atoms with Crippen LogP contribution in [0.1, 0.15) is 28.5 Å². The molecule has 0 bridgehead atoms. The van der Waals surface area contributed by atoms with E-state index in [0.29, 0.717) is 22.4 Å². The Kier molecular flexibility index (Phi) is 4.61. The Labute approximate surface area is 166 Å². The molecule has 28 heavy (non-hydrogen) atoms. The van der Waals surface area contributed by atoms with Crippen molar-refractivity contribution in [1.29, 1.82) is 0 Å². The number of hydrogen-bond donors (Lipinski definition) is 2. The highest BCUT2D eigenvalue weighted by atomic mass is 35.5. The predicted molar refractivity (Wildman–Crippen MR) is 104 cm³/mol. The quantitative estimate of drug-likeness (QED) is 0.763. The summed E-state index contributed by atoms with van der Waals surface area (Å²) in [6.07, 6.45) is 0.717. The van der Waals surface area contributed by atoms with Gasteiger partial charge in [0.1, 0.15) is 11.5 Å². The molecule has 144 valence electrons. The third-order valence-corrected chi connectivity index (χ3v) is 5.55. The Morgan fingerprint density at radius 2 is 1.68 bits per heavy atom. The molecule has 1 fully saturated rings. The van der Waals surface area contributed by atoms with Crippen molar-refractivity contribution in [3.8, 4) is 11.5 Å². The number of nitrogens with zero attached hydrogens (tertiary/aromatic N) is 1. The van der Waals surface area contributed by atoms with Crippen molar-refractivity contribution >= 4 is 29.1 Å². The van der Waals surface area contributed by atoms with E-state index < -0.39 is 11.9 Å². The molecule has 6 nitrogen and oxygen atoms in total. The molecule has 0 amide bonds. The summed E-state index contributed by atoms with van der Waals surface area (Å²) in [5.74, 6) is -0.974. The first kappa shape index (κ1) is 18.5. The van der Waals surface area contributed by atoms with Crippen LogP contribution >= 0.6 is 11.6 Å². The zero-order valence-corrected chi connectivity index (χ0v) is 15.8. The van der Waals surface area contributed by atoms with Gasteiger partial charge in [-0.25, -0.2) is 9.59 Å². The minimum atomic E-state index is -1.30. The van der Waals surface area contributed by atoms with Crippen molar-refractivity contribution in [2.24, 2.45) is 0 Å². The lowest BCUT2D eigenvalue weighted by molar-refractivity contribution is -0.133. The topological polar surface area (TPSA) is 87.1 Å². The number of benzene rings is 2. The number of fused-ring (bicyclic) bond motifs is 5. The second kappa shape index (κ2) is 6.96. The summed E-state index contributed by atoms with van der Waals surface area (Å²) in [6.45, 7) is 1.60. The standard InChI is InChI=1S/C21H18ClNO5/c1-23-9-16-14-6-11(13(21(26)27)8-20(24)25)2-4-18(14)28-19-5-3-12(22)7-15(19)17(16)10-23/h2-8,16-17H,9-10H2,1H3,(H,24,25)(H,26,27)/b13-8-/t16-,17-/m0/s1. The molecule has 2 aromatic carbocycles. The maximum absolute atomic E-state index is 11.6. The van der Waals surface area contributed by atoms with Crippen LogP contribution in [0.3, 0.4) is 0 Å². The van der Waals surface area contributed by atoms with E-state index in [4.69, 9.17) is 21.4 Å². The molecule has 0 unspecified atom stereocenters. The van der Waals surface area contributed by atoms with Crippen LogP contribution in [-0.4, -0.2) is 47.2 Å². The zero-order valence-electron chi connectivity index (χ0n) is 15.1. The highest BCUT2D eigenvalue weighted by Crippen LogP contribution is 2.50. The Balaban J connectivity index is 1.87. The number of carbonyl (C=O) groups is 2. The van der Waals surface area contributed by atoms with E-state index in [1.165, 1.54) is 0 Å². The van der Waals surface area contributed by atoms with Crippen molar-refractivity contribution < 1.29 is 24.5 Å². The van der Waals surface area contributed by atoms with Crippen LogP contribution in [0.25, 0.3) is 5.57 Å².